The number of nitrogens with one attached hydrogen (secondary N) is 1. The van der Waals surface area contributed by atoms with Crippen LogP contribution in [0.2, 0.25) is 0 Å². The first kappa shape index (κ1) is 13.8. The van der Waals surface area contributed by atoms with E-state index in [1.807, 2.05) is 0 Å². The van der Waals surface area contributed by atoms with Crippen molar-refractivity contribution in [3.05, 3.63) is 48.0 Å². The average Bonchev–Trinajstić information content (AvgIpc) is 2.47. The van der Waals surface area contributed by atoms with Gasteiger partial charge in [0.15, 0.2) is 0 Å². The van der Waals surface area contributed by atoms with Gasteiger partial charge in [0.2, 0.25) is 5.95 Å². The monoisotopic (exact) mass is 276 g/mol. The topological polar surface area (TPSA) is 60.5 Å². The highest BCUT2D eigenvalue weighted by atomic mass is 19.1. The highest BCUT2D eigenvalue weighted by molar-refractivity contribution is 6.04. The van der Waals surface area contributed by atoms with Crippen LogP contribution in [-0.4, -0.2) is 25.1 Å². The van der Waals surface area contributed by atoms with Gasteiger partial charge in [-0.3, -0.25) is 4.79 Å². The Labute approximate surface area is 115 Å². The van der Waals surface area contributed by atoms with E-state index in [9.17, 15) is 9.18 Å². The molecule has 5 nitrogen and oxygen atoms in total. The maximum Gasteiger partial charge on any atom is 0.260 e. The molecule has 0 fully saturated rings. The Hall–Kier alpha value is -2.63. The van der Waals surface area contributed by atoms with Crippen molar-refractivity contribution in [2.45, 2.75) is 0 Å². The number of carbonyl (C=O) groups is 1. The molecule has 1 aromatic carbocycles. The molecule has 0 spiro atoms. The maximum absolute atomic E-state index is 13.4. The fourth-order valence-electron chi connectivity index (χ4n) is 1.63. The van der Waals surface area contributed by atoms with Crippen molar-refractivity contribution in [1.29, 1.82) is 0 Å². The Kier molecular flexibility index (Phi) is 4.14. The van der Waals surface area contributed by atoms with E-state index >= 15 is 0 Å². The summed E-state index contributed by atoms with van der Waals surface area (Å²) < 4.78 is 23.6. The molecule has 1 aromatic heterocycles. The molecule has 0 atom stereocenters. The van der Waals surface area contributed by atoms with Gasteiger partial charge >= 0.3 is 0 Å². The van der Waals surface area contributed by atoms with Crippen LogP contribution in [0.1, 0.15) is 10.4 Å². The van der Waals surface area contributed by atoms with Crippen molar-refractivity contribution in [2.24, 2.45) is 0 Å². The Morgan fingerprint density at radius 1 is 1.20 bits per heavy atom. The van der Waals surface area contributed by atoms with E-state index in [0.717, 1.165) is 0 Å². The Bertz CT molecular complexity index is 609. The zero-order valence-corrected chi connectivity index (χ0v) is 11.0. The quantitative estimate of drug-likeness (QED) is 0.871. The normalized spacial score (nSPS) is 9.95. The van der Waals surface area contributed by atoms with Gasteiger partial charge in [0.1, 0.15) is 11.5 Å². The molecule has 2 rings (SSSR count). The third-order valence-electron chi connectivity index (χ3n) is 2.61. The third-order valence-corrected chi connectivity index (χ3v) is 2.61. The van der Waals surface area contributed by atoms with Crippen LogP contribution >= 0.6 is 0 Å². The van der Waals surface area contributed by atoms with E-state index in [2.05, 4.69) is 10.3 Å². The zero-order valence-electron chi connectivity index (χ0n) is 11.0. The van der Waals surface area contributed by atoms with E-state index in [0.29, 0.717) is 17.2 Å². The fourth-order valence-corrected chi connectivity index (χ4v) is 1.63. The number of carbonyl (C=O) groups excluding carboxylic acids is 1. The van der Waals surface area contributed by atoms with Crippen LogP contribution in [0, 0.1) is 5.95 Å². The van der Waals surface area contributed by atoms with Crippen molar-refractivity contribution in [2.75, 3.05) is 19.5 Å². The molecule has 104 valence electrons. The number of benzene rings is 1. The SMILES string of the molecule is COc1cc(NC(=O)c2cccnc2F)cc(OC)c1. The van der Waals surface area contributed by atoms with Crippen LogP contribution in [0.5, 0.6) is 11.5 Å². The number of methoxy groups -OCH3 is 2. The van der Waals surface area contributed by atoms with Crippen molar-refractivity contribution in [3.8, 4) is 11.5 Å². The molecule has 0 aliphatic carbocycles. The molecule has 6 heteroatoms. The fraction of sp³-hybridized carbons (Fsp3) is 0.143. The molecule has 1 amide bonds. The lowest BCUT2D eigenvalue weighted by Gasteiger charge is -2.10. The second-order valence-corrected chi connectivity index (χ2v) is 3.90. The summed E-state index contributed by atoms with van der Waals surface area (Å²) in [5.41, 5.74) is 0.309. The number of amides is 1. The summed E-state index contributed by atoms with van der Waals surface area (Å²) in [6, 6.07) is 7.73. The molecule has 2 aromatic rings. The molecule has 1 heterocycles. The summed E-state index contributed by atoms with van der Waals surface area (Å²) in [4.78, 5) is 15.4. The second-order valence-electron chi connectivity index (χ2n) is 3.90. The van der Waals surface area contributed by atoms with Crippen LogP contribution in [0.4, 0.5) is 10.1 Å². The minimum Gasteiger partial charge on any atom is -0.497 e. The van der Waals surface area contributed by atoms with E-state index in [1.165, 1.54) is 32.5 Å². The van der Waals surface area contributed by atoms with Gasteiger partial charge in [-0.05, 0) is 12.1 Å². The van der Waals surface area contributed by atoms with E-state index in [4.69, 9.17) is 9.47 Å². The van der Waals surface area contributed by atoms with Gasteiger partial charge in [-0.25, -0.2) is 4.98 Å². The summed E-state index contributed by atoms with van der Waals surface area (Å²) in [7, 11) is 3.00. The maximum atomic E-state index is 13.4. The van der Waals surface area contributed by atoms with Crippen LogP contribution in [0.15, 0.2) is 36.5 Å². The predicted octanol–water partition coefficient (Wildman–Crippen LogP) is 2.49. The predicted molar refractivity (Wildman–Crippen MR) is 71.7 cm³/mol. The number of anilines is 1. The first-order valence-electron chi connectivity index (χ1n) is 5.79. The van der Waals surface area contributed by atoms with Crippen LogP contribution in [0.3, 0.4) is 0 Å². The number of rotatable bonds is 4. The summed E-state index contributed by atoms with van der Waals surface area (Å²) in [5.74, 6) is -0.372. The standard InChI is InChI=1S/C14H13FN2O3/c1-19-10-6-9(7-11(8-10)20-2)17-14(18)12-4-3-5-16-13(12)15/h3-8H,1-2H3,(H,17,18). The van der Waals surface area contributed by atoms with Gasteiger partial charge in [0.05, 0.1) is 19.8 Å². The van der Waals surface area contributed by atoms with E-state index < -0.39 is 11.9 Å². The molecule has 0 bridgehead atoms. The Morgan fingerprint density at radius 3 is 2.40 bits per heavy atom. The molecule has 20 heavy (non-hydrogen) atoms. The number of nitrogens with zero attached hydrogens (tertiary/aromatic N) is 1. The average molecular weight is 276 g/mol. The van der Waals surface area contributed by atoms with Crippen molar-refractivity contribution >= 4 is 11.6 Å². The highest BCUT2D eigenvalue weighted by Gasteiger charge is 2.13. The van der Waals surface area contributed by atoms with Crippen molar-refractivity contribution in [3.63, 3.8) is 0 Å². The van der Waals surface area contributed by atoms with Crippen LogP contribution < -0.4 is 14.8 Å². The van der Waals surface area contributed by atoms with Gasteiger partial charge in [0.25, 0.3) is 5.91 Å². The van der Waals surface area contributed by atoms with E-state index in [1.54, 1.807) is 18.2 Å². The van der Waals surface area contributed by atoms with Gasteiger partial charge < -0.3 is 14.8 Å². The summed E-state index contributed by atoms with van der Waals surface area (Å²) >= 11 is 0. The number of hydrogen-bond acceptors (Lipinski definition) is 4. The molecule has 0 unspecified atom stereocenters. The first-order chi connectivity index (χ1) is 9.63. The van der Waals surface area contributed by atoms with Crippen LogP contribution in [0.25, 0.3) is 0 Å². The third kappa shape index (κ3) is 3.03. The minimum atomic E-state index is -0.820. The summed E-state index contributed by atoms with van der Waals surface area (Å²) in [6.45, 7) is 0. The molecular formula is C14H13FN2O3. The first-order valence-corrected chi connectivity index (χ1v) is 5.79. The number of halogens is 1. The van der Waals surface area contributed by atoms with Crippen LogP contribution in [-0.2, 0) is 0 Å². The van der Waals surface area contributed by atoms with Gasteiger partial charge in [-0.2, -0.15) is 4.39 Å². The van der Waals surface area contributed by atoms with Gasteiger partial charge in [0, 0.05) is 30.1 Å². The second kappa shape index (κ2) is 6.01. The zero-order chi connectivity index (χ0) is 14.5. The number of ether oxygens (including phenoxy) is 2. The molecular weight excluding hydrogens is 263 g/mol. The lowest BCUT2D eigenvalue weighted by molar-refractivity contribution is 0.102. The van der Waals surface area contributed by atoms with Gasteiger partial charge in [-0.1, -0.05) is 0 Å². The molecule has 1 N–H and O–H groups in total. The number of pyridine rings is 1. The molecule has 0 radical (unpaired) electrons. The molecule has 0 aliphatic rings. The highest BCUT2D eigenvalue weighted by Crippen LogP contribution is 2.26. The molecule has 0 saturated carbocycles. The minimum absolute atomic E-state index is 0.130. The lowest BCUT2D eigenvalue weighted by Crippen LogP contribution is -2.14. The van der Waals surface area contributed by atoms with Gasteiger partial charge in [-0.15, -0.1) is 0 Å². The Balaban J connectivity index is 2.26. The lowest BCUT2D eigenvalue weighted by atomic mass is 10.2. The summed E-state index contributed by atoms with van der Waals surface area (Å²) in [5, 5.41) is 2.57. The Morgan fingerprint density at radius 2 is 1.85 bits per heavy atom. The van der Waals surface area contributed by atoms with Crippen molar-refractivity contribution < 1.29 is 18.7 Å². The molecule has 0 saturated heterocycles. The number of hydrogen-bond donors (Lipinski definition) is 1. The van der Waals surface area contributed by atoms with E-state index in [-0.39, 0.29) is 5.56 Å². The number of aromatic nitrogens is 1. The smallest absolute Gasteiger partial charge is 0.260 e. The largest absolute Gasteiger partial charge is 0.497 e. The van der Waals surface area contributed by atoms with Crippen molar-refractivity contribution in [1.82, 2.24) is 4.98 Å². The molecule has 0 aliphatic heterocycles. The summed E-state index contributed by atoms with van der Waals surface area (Å²) in [6.07, 6.45) is 1.28.